The molecule has 0 aliphatic rings. The number of aryl methyl sites for hydroxylation is 1. The molecular formula is C31H35ClF3N3O4S. The number of carbonyl (C=O) groups is 2. The number of carbonyl (C=O) groups excluding carboxylic acids is 2. The molecule has 3 aromatic rings. The van der Waals surface area contributed by atoms with Crippen molar-refractivity contribution in [1.82, 2.24) is 10.2 Å². The van der Waals surface area contributed by atoms with Crippen molar-refractivity contribution in [3.05, 3.63) is 100 Å². The molecule has 0 heterocycles. The summed E-state index contributed by atoms with van der Waals surface area (Å²) in [6.45, 7) is 4.68. The van der Waals surface area contributed by atoms with E-state index in [1.54, 1.807) is 24.3 Å². The van der Waals surface area contributed by atoms with E-state index in [4.69, 9.17) is 11.6 Å². The highest BCUT2D eigenvalue weighted by molar-refractivity contribution is 7.92. The minimum atomic E-state index is -4.78. The fourth-order valence-corrected chi connectivity index (χ4v) is 5.48. The number of sulfonamides is 1. The number of amides is 2. The molecule has 0 fully saturated rings. The summed E-state index contributed by atoms with van der Waals surface area (Å²) in [5.41, 5.74) is 0.788. The van der Waals surface area contributed by atoms with Gasteiger partial charge in [-0.05, 0) is 49.6 Å². The highest BCUT2D eigenvalue weighted by atomic mass is 35.5. The monoisotopic (exact) mass is 637 g/mol. The SMILES string of the molecule is CCC(C)NC(=O)C(Cc1ccccc1)N(Cc1ccc(C)cc1)C(=O)CN(c1cc(C(F)(F)F)ccc1Cl)S(C)(=O)=O. The Hall–Kier alpha value is -3.57. The molecule has 0 bridgehead atoms. The van der Waals surface area contributed by atoms with E-state index in [2.05, 4.69) is 5.32 Å². The second-order valence-electron chi connectivity index (χ2n) is 10.5. The highest BCUT2D eigenvalue weighted by Crippen LogP contribution is 2.36. The number of halogens is 4. The lowest BCUT2D eigenvalue weighted by Gasteiger charge is -2.34. The van der Waals surface area contributed by atoms with Crippen LogP contribution < -0.4 is 9.62 Å². The topological polar surface area (TPSA) is 86.8 Å². The predicted molar refractivity (Wildman–Crippen MR) is 162 cm³/mol. The van der Waals surface area contributed by atoms with E-state index in [0.717, 1.165) is 29.5 Å². The van der Waals surface area contributed by atoms with Gasteiger partial charge in [0.15, 0.2) is 0 Å². The molecule has 3 aromatic carbocycles. The molecule has 12 heteroatoms. The molecule has 0 aromatic heterocycles. The third-order valence-corrected chi connectivity index (χ3v) is 8.41. The van der Waals surface area contributed by atoms with Gasteiger partial charge in [-0.25, -0.2) is 8.42 Å². The largest absolute Gasteiger partial charge is 0.416 e. The molecule has 43 heavy (non-hydrogen) atoms. The van der Waals surface area contributed by atoms with Crippen molar-refractivity contribution in [3.63, 3.8) is 0 Å². The van der Waals surface area contributed by atoms with E-state index in [9.17, 15) is 31.2 Å². The maximum atomic E-state index is 14.1. The van der Waals surface area contributed by atoms with Gasteiger partial charge in [0.05, 0.1) is 22.5 Å². The summed E-state index contributed by atoms with van der Waals surface area (Å²) in [6.07, 6.45) is -3.26. The molecule has 0 aliphatic carbocycles. The van der Waals surface area contributed by atoms with Crippen molar-refractivity contribution < 1.29 is 31.2 Å². The van der Waals surface area contributed by atoms with Crippen molar-refractivity contribution in [2.24, 2.45) is 0 Å². The molecule has 1 N–H and O–H groups in total. The summed E-state index contributed by atoms with van der Waals surface area (Å²) in [5.74, 6) is -1.23. The van der Waals surface area contributed by atoms with Gasteiger partial charge in [0.2, 0.25) is 21.8 Å². The lowest BCUT2D eigenvalue weighted by atomic mass is 10.0. The minimum Gasteiger partial charge on any atom is -0.352 e. The lowest BCUT2D eigenvalue weighted by Crippen LogP contribution is -2.54. The Balaban J connectivity index is 2.11. The first-order valence-corrected chi connectivity index (χ1v) is 15.9. The van der Waals surface area contributed by atoms with Gasteiger partial charge >= 0.3 is 6.18 Å². The second kappa shape index (κ2) is 14.3. The molecule has 0 spiro atoms. The van der Waals surface area contributed by atoms with Gasteiger partial charge in [-0.3, -0.25) is 13.9 Å². The van der Waals surface area contributed by atoms with Crippen molar-refractivity contribution in [3.8, 4) is 0 Å². The molecule has 2 amide bonds. The maximum Gasteiger partial charge on any atom is 0.416 e. The molecule has 0 aliphatic heterocycles. The quantitative estimate of drug-likeness (QED) is 0.264. The summed E-state index contributed by atoms with van der Waals surface area (Å²) in [4.78, 5) is 29.1. The fourth-order valence-electron chi connectivity index (χ4n) is 4.36. The summed E-state index contributed by atoms with van der Waals surface area (Å²) < 4.78 is 66.9. The van der Waals surface area contributed by atoms with E-state index in [0.29, 0.717) is 22.4 Å². The minimum absolute atomic E-state index is 0.0571. The Bertz CT molecular complexity index is 1520. The smallest absolute Gasteiger partial charge is 0.352 e. The van der Waals surface area contributed by atoms with Crippen LogP contribution in [0.25, 0.3) is 0 Å². The first kappa shape index (κ1) is 33.9. The third kappa shape index (κ3) is 9.46. The zero-order chi connectivity index (χ0) is 31.9. The van der Waals surface area contributed by atoms with Crippen molar-refractivity contribution in [2.75, 3.05) is 17.1 Å². The number of alkyl halides is 3. The first-order valence-electron chi connectivity index (χ1n) is 13.6. The molecule has 0 saturated heterocycles. The Morgan fingerprint density at radius 2 is 1.60 bits per heavy atom. The number of nitrogens with one attached hydrogen (secondary N) is 1. The maximum absolute atomic E-state index is 14.1. The number of nitrogens with zero attached hydrogens (tertiary/aromatic N) is 2. The molecule has 2 atom stereocenters. The molecule has 232 valence electrons. The number of hydrogen-bond acceptors (Lipinski definition) is 4. The van der Waals surface area contributed by atoms with Crippen molar-refractivity contribution in [2.45, 2.75) is 58.4 Å². The normalized spacial score (nSPS) is 13.2. The van der Waals surface area contributed by atoms with E-state index in [1.165, 1.54) is 4.90 Å². The number of rotatable bonds is 12. The average Bonchev–Trinajstić information content (AvgIpc) is 2.94. The molecule has 0 saturated carbocycles. The standard InChI is InChI=1S/C31H35ClF3N3O4S/c1-5-22(3)36-30(40)28(17-23-9-7-6-8-10-23)37(19-24-13-11-21(2)12-14-24)29(39)20-38(43(4,41)42)27-18-25(31(33,34)35)15-16-26(27)32/h6-16,18,22,28H,5,17,19-20H2,1-4H3,(H,36,40). The average molecular weight is 638 g/mol. The first-order chi connectivity index (χ1) is 20.1. The van der Waals surface area contributed by atoms with Crippen LogP contribution in [0.3, 0.4) is 0 Å². The van der Waals surface area contributed by atoms with E-state index in [-0.39, 0.29) is 24.0 Å². The van der Waals surface area contributed by atoms with Crippen LogP contribution in [0, 0.1) is 6.92 Å². The molecule has 2 unspecified atom stereocenters. The second-order valence-corrected chi connectivity index (χ2v) is 12.8. The Morgan fingerprint density at radius 1 is 0.977 bits per heavy atom. The van der Waals surface area contributed by atoms with Crippen LogP contribution in [0.5, 0.6) is 0 Å². The fraction of sp³-hybridized carbons (Fsp3) is 0.355. The van der Waals surface area contributed by atoms with Gasteiger partial charge in [0.25, 0.3) is 0 Å². The molecular weight excluding hydrogens is 603 g/mol. The van der Waals surface area contributed by atoms with Gasteiger partial charge < -0.3 is 10.2 Å². The van der Waals surface area contributed by atoms with Crippen LogP contribution in [0.2, 0.25) is 5.02 Å². The Kier molecular flexibility index (Phi) is 11.3. The predicted octanol–water partition coefficient (Wildman–Crippen LogP) is 5.99. The van der Waals surface area contributed by atoms with Gasteiger partial charge in [-0.1, -0.05) is 78.7 Å². The van der Waals surface area contributed by atoms with Crippen LogP contribution in [0.15, 0.2) is 72.8 Å². The third-order valence-electron chi connectivity index (χ3n) is 6.97. The summed E-state index contributed by atoms with van der Waals surface area (Å²) in [7, 11) is -4.30. The Labute approximate surface area is 255 Å². The van der Waals surface area contributed by atoms with E-state index < -0.39 is 51.9 Å². The zero-order valence-electron chi connectivity index (χ0n) is 24.4. The number of benzene rings is 3. The molecule has 0 radical (unpaired) electrons. The van der Waals surface area contributed by atoms with Gasteiger partial charge in [-0.15, -0.1) is 0 Å². The van der Waals surface area contributed by atoms with Crippen LogP contribution in [-0.4, -0.2) is 50.0 Å². The van der Waals surface area contributed by atoms with E-state index in [1.807, 2.05) is 51.1 Å². The van der Waals surface area contributed by atoms with Crippen LogP contribution in [-0.2, 0) is 38.8 Å². The Morgan fingerprint density at radius 3 is 2.16 bits per heavy atom. The van der Waals surface area contributed by atoms with Gasteiger partial charge in [0, 0.05) is 19.0 Å². The van der Waals surface area contributed by atoms with Gasteiger partial charge in [-0.2, -0.15) is 13.2 Å². The summed E-state index contributed by atoms with van der Waals surface area (Å²) in [5, 5.41) is 2.63. The lowest BCUT2D eigenvalue weighted by molar-refractivity contribution is -0.140. The molecule has 3 rings (SSSR count). The van der Waals surface area contributed by atoms with Crippen LogP contribution >= 0.6 is 11.6 Å². The molecule has 7 nitrogen and oxygen atoms in total. The van der Waals surface area contributed by atoms with Crippen molar-refractivity contribution >= 4 is 39.1 Å². The summed E-state index contributed by atoms with van der Waals surface area (Å²) in [6, 6.07) is 17.3. The van der Waals surface area contributed by atoms with Crippen LogP contribution in [0.4, 0.5) is 18.9 Å². The van der Waals surface area contributed by atoms with Gasteiger partial charge in [0.1, 0.15) is 12.6 Å². The summed E-state index contributed by atoms with van der Waals surface area (Å²) >= 11 is 6.19. The number of anilines is 1. The highest BCUT2D eigenvalue weighted by Gasteiger charge is 2.36. The van der Waals surface area contributed by atoms with Crippen LogP contribution in [0.1, 0.15) is 42.5 Å². The number of hydrogen-bond donors (Lipinski definition) is 1. The van der Waals surface area contributed by atoms with E-state index >= 15 is 0 Å². The zero-order valence-corrected chi connectivity index (χ0v) is 25.9. The van der Waals surface area contributed by atoms with Crippen molar-refractivity contribution in [1.29, 1.82) is 0 Å².